The van der Waals surface area contributed by atoms with Gasteiger partial charge in [0, 0.05) is 12.1 Å². The molecule has 0 heterocycles. The first-order valence-corrected chi connectivity index (χ1v) is 7.01. The molecule has 26 heavy (non-hydrogen) atoms. The Bertz CT molecular complexity index is 980. The van der Waals surface area contributed by atoms with Gasteiger partial charge in [-0.2, -0.15) is 10.4 Å². The van der Waals surface area contributed by atoms with Gasteiger partial charge in [0.2, 0.25) is 5.71 Å². The number of nitrogens with one attached hydrogen (secondary N) is 2. The van der Waals surface area contributed by atoms with Crippen LogP contribution in [0.2, 0.25) is 0 Å². The topological polar surface area (TPSA) is 158 Å². The molecule has 9 nitrogen and oxygen atoms in total. The number of nitrogens with two attached hydrogens (primary N) is 1. The molecule has 0 fully saturated rings. The van der Waals surface area contributed by atoms with Gasteiger partial charge in [-0.3, -0.25) is 25.7 Å². The Hall–Kier alpha value is -4.13. The third-order valence-electron chi connectivity index (χ3n) is 3.23. The number of benzene rings is 2. The molecule has 2 aromatic rings. The van der Waals surface area contributed by atoms with E-state index in [9.17, 15) is 19.3 Å². The van der Waals surface area contributed by atoms with E-state index in [2.05, 4.69) is 10.5 Å². The number of halogens is 1. The summed E-state index contributed by atoms with van der Waals surface area (Å²) in [5, 5.41) is 30.6. The van der Waals surface area contributed by atoms with Crippen LogP contribution in [-0.2, 0) is 0 Å². The molecular weight excluding hydrogens is 343 g/mol. The molecule has 2 aromatic carbocycles. The summed E-state index contributed by atoms with van der Waals surface area (Å²) >= 11 is 0. The molecule has 0 saturated carbocycles. The van der Waals surface area contributed by atoms with E-state index >= 15 is 0 Å². The molecule has 0 bridgehead atoms. The van der Waals surface area contributed by atoms with Gasteiger partial charge in [-0.1, -0.05) is 12.1 Å². The zero-order valence-corrected chi connectivity index (χ0v) is 13.1. The first-order valence-electron chi connectivity index (χ1n) is 7.01. The minimum absolute atomic E-state index is 0.0159. The standard InChI is InChI=1S/C16H11FN6O3/c17-12-4-2-1-3-10(12)15(24)11-7-9(23(25)26)5-6-13(11)21-22-14(8-18)16(19)20/h1-7,21H,(H3,19,20)/b22-14+. The molecular formula is C16H11FN6O3. The summed E-state index contributed by atoms with van der Waals surface area (Å²) in [5.41, 5.74) is 6.17. The van der Waals surface area contributed by atoms with E-state index in [1.54, 1.807) is 6.07 Å². The maximum atomic E-state index is 13.9. The van der Waals surface area contributed by atoms with Crippen LogP contribution in [0.3, 0.4) is 0 Å². The fourth-order valence-corrected chi connectivity index (χ4v) is 1.98. The lowest BCUT2D eigenvalue weighted by molar-refractivity contribution is -0.384. The monoisotopic (exact) mass is 354 g/mol. The number of amidine groups is 1. The Morgan fingerprint density at radius 2 is 2.00 bits per heavy atom. The Morgan fingerprint density at radius 1 is 1.31 bits per heavy atom. The number of hydrogen-bond donors (Lipinski definition) is 3. The lowest BCUT2D eigenvalue weighted by Crippen LogP contribution is -2.22. The van der Waals surface area contributed by atoms with Gasteiger partial charge >= 0.3 is 0 Å². The first kappa shape index (κ1) is 18.2. The van der Waals surface area contributed by atoms with Crippen LogP contribution in [0.25, 0.3) is 0 Å². The zero-order valence-electron chi connectivity index (χ0n) is 13.1. The number of nitro groups is 1. The Morgan fingerprint density at radius 3 is 2.58 bits per heavy atom. The van der Waals surface area contributed by atoms with Crippen molar-refractivity contribution in [1.82, 2.24) is 0 Å². The van der Waals surface area contributed by atoms with Crippen LogP contribution < -0.4 is 11.2 Å². The number of anilines is 1. The normalized spacial score (nSPS) is 10.7. The van der Waals surface area contributed by atoms with E-state index in [-0.39, 0.29) is 22.5 Å². The number of nitro benzene ring substituents is 1. The van der Waals surface area contributed by atoms with Gasteiger partial charge < -0.3 is 5.73 Å². The van der Waals surface area contributed by atoms with Crippen LogP contribution in [-0.4, -0.2) is 22.3 Å². The lowest BCUT2D eigenvalue weighted by Gasteiger charge is -2.09. The minimum atomic E-state index is -0.814. The third-order valence-corrected chi connectivity index (χ3v) is 3.23. The van der Waals surface area contributed by atoms with E-state index in [1.807, 2.05) is 0 Å². The van der Waals surface area contributed by atoms with Gasteiger partial charge in [-0.05, 0) is 18.2 Å². The quantitative estimate of drug-likeness (QED) is 0.237. The number of hydrogen-bond acceptors (Lipinski definition) is 7. The number of rotatable bonds is 6. The molecule has 0 aliphatic carbocycles. The van der Waals surface area contributed by atoms with Crippen LogP contribution >= 0.6 is 0 Å². The van der Waals surface area contributed by atoms with Crippen LogP contribution in [0.1, 0.15) is 15.9 Å². The summed E-state index contributed by atoms with van der Waals surface area (Å²) in [6.07, 6.45) is 0. The van der Waals surface area contributed by atoms with Gasteiger partial charge in [0.15, 0.2) is 11.6 Å². The number of ketones is 1. The van der Waals surface area contributed by atoms with Gasteiger partial charge in [0.05, 0.1) is 21.7 Å². The van der Waals surface area contributed by atoms with Crippen LogP contribution in [0.15, 0.2) is 47.6 Å². The van der Waals surface area contributed by atoms with Crippen molar-refractivity contribution in [3.63, 3.8) is 0 Å². The van der Waals surface area contributed by atoms with Gasteiger partial charge in [0.1, 0.15) is 11.9 Å². The number of nitriles is 1. The molecule has 0 unspecified atom stereocenters. The number of hydrazone groups is 1. The number of carbonyl (C=O) groups excluding carboxylic acids is 1. The molecule has 0 aromatic heterocycles. The van der Waals surface area contributed by atoms with Crippen molar-refractivity contribution in [1.29, 1.82) is 10.7 Å². The average molecular weight is 354 g/mol. The molecule has 0 spiro atoms. The predicted octanol–water partition coefficient (Wildman–Crippen LogP) is 2.19. The maximum Gasteiger partial charge on any atom is 0.270 e. The Labute approximate surface area is 146 Å². The summed E-state index contributed by atoms with van der Waals surface area (Å²) in [6.45, 7) is 0. The molecule has 4 N–H and O–H groups in total. The molecule has 0 radical (unpaired) electrons. The smallest absolute Gasteiger partial charge is 0.270 e. The second-order valence-corrected chi connectivity index (χ2v) is 4.89. The number of non-ortho nitro benzene ring substituents is 1. The first-order chi connectivity index (χ1) is 12.3. The van der Waals surface area contributed by atoms with Crippen molar-refractivity contribution < 1.29 is 14.1 Å². The minimum Gasteiger partial charge on any atom is -0.382 e. The summed E-state index contributed by atoms with van der Waals surface area (Å²) in [4.78, 5) is 22.9. The molecule has 0 aliphatic rings. The summed E-state index contributed by atoms with van der Waals surface area (Å²) in [7, 11) is 0. The number of carbonyl (C=O) groups is 1. The molecule has 0 atom stereocenters. The van der Waals surface area contributed by atoms with Gasteiger partial charge in [-0.25, -0.2) is 4.39 Å². The van der Waals surface area contributed by atoms with E-state index in [0.717, 1.165) is 18.2 Å². The largest absolute Gasteiger partial charge is 0.382 e. The van der Waals surface area contributed by atoms with Crippen LogP contribution in [0.4, 0.5) is 15.8 Å². The summed E-state index contributed by atoms with van der Waals surface area (Å²) in [6, 6.07) is 10.00. The van der Waals surface area contributed by atoms with Crippen molar-refractivity contribution in [3.05, 3.63) is 69.5 Å². The van der Waals surface area contributed by atoms with Gasteiger partial charge in [0.25, 0.3) is 5.69 Å². The third kappa shape index (κ3) is 3.85. The van der Waals surface area contributed by atoms with Crippen LogP contribution in [0, 0.1) is 32.7 Å². The molecule has 10 heteroatoms. The molecule has 0 amide bonds. The molecule has 2 rings (SSSR count). The average Bonchev–Trinajstić information content (AvgIpc) is 2.61. The van der Waals surface area contributed by atoms with E-state index in [4.69, 9.17) is 16.4 Å². The lowest BCUT2D eigenvalue weighted by atomic mass is 10.0. The molecule has 0 saturated heterocycles. The fourth-order valence-electron chi connectivity index (χ4n) is 1.98. The second-order valence-electron chi connectivity index (χ2n) is 4.89. The van der Waals surface area contributed by atoms with Crippen molar-refractivity contribution in [2.75, 3.05) is 5.43 Å². The highest BCUT2D eigenvalue weighted by Gasteiger charge is 2.20. The van der Waals surface area contributed by atoms with Gasteiger partial charge in [-0.15, -0.1) is 0 Å². The Kier molecular flexibility index (Phi) is 5.34. The maximum absolute atomic E-state index is 13.9. The van der Waals surface area contributed by atoms with E-state index in [1.165, 1.54) is 24.3 Å². The highest BCUT2D eigenvalue weighted by molar-refractivity contribution is 6.45. The van der Waals surface area contributed by atoms with Crippen LogP contribution in [0.5, 0.6) is 0 Å². The van der Waals surface area contributed by atoms with Crippen molar-refractivity contribution in [2.24, 2.45) is 10.8 Å². The SMILES string of the molecule is N#C/C(=N\Nc1ccc([N+](=O)[O-])cc1C(=O)c1ccccc1F)C(=N)N. The highest BCUT2D eigenvalue weighted by atomic mass is 19.1. The second kappa shape index (κ2) is 7.63. The summed E-state index contributed by atoms with van der Waals surface area (Å²) in [5.74, 6) is -2.21. The predicted molar refractivity (Wildman–Crippen MR) is 91.5 cm³/mol. The zero-order chi connectivity index (χ0) is 19.3. The van der Waals surface area contributed by atoms with E-state index in [0.29, 0.717) is 0 Å². The van der Waals surface area contributed by atoms with E-state index < -0.39 is 28.1 Å². The number of nitrogens with zero attached hydrogens (tertiary/aromatic N) is 3. The van der Waals surface area contributed by atoms with Crippen molar-refractivity contribution >= 4 is 28.7 Å². The van der Waals surface area contributed by atoms with Crippen molar-refractivity contribution in [3.8, 4) is 6.07 Å². The Balaban J connectivity index is 2.55. The highest BCUT2D eigenvalue weighted by Crippen LogP contribution is 2.25. The molecule has 130 valence electrons. The van der Waals surface area contributed by atoms with Crippen molar-refractivity contribution in [2.45, 2.75) is 0 Å². The fraction of sp³-hybridized carbons (Fsp3) is 0. The summed E-state index contributed by atoms with van der Waals surface area (Å²) < 4.78 is 13.9. The molecule has 0 aliphatic heterocycles.